The summed E-state index contributed by atoms with van der Waals surface area (Å²) in [5.74, 6) is -0.422. The van der Waals surface area contributed by atoms with Crippen LogP contribution in [0, 0.1) is 6.92 Å². The molecule has 0 spiro atoms. The molecule has 0 heterocycles. The zero-order chi connectivity index (χ0) is 18.1. The van der Waals surface area contributed by atoms with Gasteiger partial charge in [-0.15, -0.1) is 0 Å². The lowest BCUT2D eigenvalue weighted by molar-refractivity contribution is -0.134. The maximum absolute atomic E-state index is 11.4. The fourth-order valence-electron chi connectivity index (χ4n) is 2.56. The predicted octanol–water partition coefficient (Wildman–Crippen LogP) is 3.24. The first-order valence-electron chi connectivity index (χ1n) is 7.80. The van der Waals surface area contributed by atoms with Gasteiger partial charge in [0.2, 0.25) is 0 Å². The van der Waals surface area contributed by atoms with Crippen LogP contribution in [0.1, 0.15) is 38.8 Å². The minimum absolute atomic E-state index is 0.170. The average molecular weight is 329 g/mol. The lowest BCUT2D eigenvalue weighted by atomic mass is 9.83. The number of nitrogens with two attached hydrogens (primary N) is 1. The van der Waals surface area contributed by atoms with Gasteiger partial charge in [-0.3, -0.25) is 9.59 Å². The Morgan fingerprint density at radius 1 is 1.08 bits per heavy atom. The number of fused-ring (bicyclic) bond motifs is 1. The van der Waals surface area contributed by atoms with Gasteiger partial charge in [0.25, 0.3) is 0 Å². The molecule has 0 bridgehead atoms. The molecule has 5 heteroatoms. The standard InChI is InChI=1S/C19H23NO4/c1-11-16-9-15(19(4,5)10-20)7-6-14(16)8-17(23-12(2)21)18(11)24-13(3)22/h6-9H,10,20H2,1-5H3. The number of hydrogen-bond acceptors (Lipinski definition) is 5. The van der Waals surface area contributed by atoms with Crippen molar-refractivity contribution in [3.8, 4) is 11.5 Å². The summed E-state index contributed by atoms with van der Waals surface area (Å²) in [7, 11) is 0. The van der Waals surface area contributed by atoms with Crippen LogP contribution in [0.4, 0.5) is 0 Å². The molecule has 0 fully saturated rings. The lowest BCUT2D eigenvalue weighted by Crippen LogP contribution is -2.27. The van der Waals surface area contributed by atoms with Gasteiger partial charge >= 0.3 is 11.9 Å². The number of hydrogen-bond donors (Lipinski definition) is 1. The molecule has 0 amide bonds. The molecule has 0 aromatic heterocycles. The zero-order valence-corrected chi connectivity index (χ0v) is 14.7. The molecule has 0 radical (unpaired) electrons. The Labute approximate surface area is 141 Å². The summed E-state index contributed by atoms with van der Waals surface area (Å²) in [6.07, 6.45) is 0. The van der Waals surface area contributed by atoms with Crippen molar-refractivity contribution in [3.05, 3.63) is 35.4 Å². The van der Waals surface area contributed by atoms with E-state index in [4.69, 9.17) is 15.2 Å². The summed E-state index contributed by atoms with van der Waals surface area (Å²) in [5.41, 5.74) is 7.53. The van der Waals surface area contributed by atoms with E-state index in [1.165, 1.54) is 13.8 Å². The molecule has 128 valence electrons. The van der Waals surface area contributed by atoms with E-state index in [0.29, 0.717) is 6.54 Å². The SMILES string of the molecule is CC(=O)Oc1cc2ccc(C(C)(C)CN)cc2c(C)c1OC(C)=O. The van der Waals surface area contributed by atoms with Gasteiger partial charge in [0, 0.05) is 31.4 Å². The van der Waals surface area contributed by atoms with E-state index in [-0.39, 0.29) is 16.9 Å². The molecule has 0 atom stereocenters. The Bertz CT molecular complexity index is 809. The van der Waals surface area contributed by atoms with Gasteiger partial charge < -0.3 is 15.2 Å². The van der Waals surface area contributed by atoms with Gasteiger partial charge in [-0.2, -0.15) is 0 Å². The normalized spacial score (nSPS) is 11.4. The largest absolute Gasteiger partial charge is 0.423 e. The van der Waals surface area contributed by atoms with Gasteiger partial charge in [-0.25, -0.2) is 0 Å². The third kappa shape index (κ3) is 3.57. The zero-order valence-electron chi connectivity index (χ0n) is 14.7. The average Bonchev–Trinajstić information content (AvgIpc) is 2.50. The van der Waals surface area contributed by atoms with Crippen LogP contribution in [0.2, 0.25) is 0 Å². The Morgan fingerprint density at radius 2 is 1.71 bits per heavy atom. The molecule has 0 aliphatic rings. The molecular weight excluding hydrogens is 306 g/mol. The maximum Gasteiger partial charge on any atom is 0.308 e. The summed E-state index contributed by atoms with van der Waals surface area (Å²) in [5, 5.41) is 1.83. The Kier molecular flexibility index (Phi) is 4.94. The fourth-order valence-corrected chi connectivity index (χ4v) is 2.56. The summed E-state index contributed by atoms with van der Waals surface area (Å²) >= 11 is 0. The van der Waals surface area contributed by atoms with Gasteiger partial charge in [-0.05, 0) is 29.3 Å². The molecule has 2 rings (SSSR count). The van der Waals surface area contributed by atoms with Gasteiger partial charge in [0.05, 0.1) is 0 Å². The number of carbonyl (C=O) groups excluding carboxylic acids is 2. The van der Waals surface area contributed by atoms with Gasteiger partial charge in [0.1, 0.15) is 0 Å². The summed E-state index contributed by atoms with van der Waals surface area (Å²) < 4.78 is 10.5. The summed E-state index contributed by atoms with van der Waals surface area (Å²) in [4.78, 5) is 22.8. The highest BCUT2D eigenvalue weighted by Gasteiger charge is 2.21. The topological polar surface area (TPSA) is 78.6 Å². The molecule has 2 aromatic rings. The van der Waals surface area contributed by atoms with E-state index >= 15 is 0 Å². The summed E-state index contributed by atoms with van der Waals surface area (Å²) in [6, 6.07) is 7.72. The van der Waals surface area contributed by atoms with Crippen LogP contribution >= 0.6 is 0 Å². The Balaban J connectivity index is 2.72. The second-order valence-corrected chi connectivity index (χ2v) is 6.54. The van der Waals surface area contributed by atoms with Gasteiger partial charge in [0.15, 0.2) is 11.5 Å². The molecule has 24 heavy (non-hydrogen) atoms. The molecule has 5 nitrogen and oxygen atoms in total. The van der Waals surface area contributed by atoms with E-state index in [1.54, 1.807) is 6.07 Å². The maximum atomic E-state index is 11.4. The third-order valence-corrected chi connectivity index (χ3v) is 4.10. The van der Waals surface area contributed by atoms with Gasteiger partial charge in [-0.1, -0.05) is 32.0 Å². The molecule has 2 N–H and O–H groups in total. The Morgan fingerprint density at radius 3 is 2.25 bits per heavy atom. The molecule has 0 aliphatic heterocycles. The van der Waals surface area contributed by atoms with Crippen molar-refractivity contribution in [2.45, 2.75) is 40.0 Å². The molecule has 0 aliphatic carbocycles. The van der Waals surface area contributed by atoms with E-state index in [9.17, 15) is 9.59 Å². The van der Waals surface area contributed by atoms with Crippen molar-refractivity contribution < 1.29 is 19.1 Å². The highest BCUT2D eigenvalue weighted by Crippen LogP contribution is 2.39. The third-order valence-electron chi connectivity index (χ3n) is 4.10. The number of carbonyl (C=O) groups is 2. The van der Waals surface area contributed by atoms with Crippen molar-refractivity contribution >= 4 is 22.7 Å². The minimum Gasteiger partial charge on any atom is -0.423 e. The van der Waals surface area contributed by atoms with Crippen molar-refractivity contribution in [2.75, 3.05) is 6.54 Å². The monoisotopic (exact) mass is 329 g/mol. The molecule has 2 aromatic carbocycles. The lowest BCUT2D eigenvalue weighted by Gasteiger charge is -2.24. The van der Waals surface area contributed by atoms with Crippen molar-refractivity contribution in [3.63, 3.8) is 0 Å². The predicted molar refractivity (Wildman–Crippen MR) is 93.4 cm³/mol. The minimum atomic E-state index is -0.469. The first-order valence-corrected chi connectivity index (χ1v) is 7.80. The highest BCUT2D eigenvalue weighted by molar-refractivity contribution is 5.92. The first kappa shape index (κ1) is 17.9. The van der Waals surface area contributed by atoms with Crippen LogP contribution in [0.15, 0.2) is 24.3 Å². The first-order chi connectivity index (χ1) is 11.2. The molecular formula is C19H23NO4. The molecule has 0 unspecified atom stereocenters. The van der Waals surface area contributed by atoms with Crippen LogP contribution in [-0.2, 0) is 15.0 Å². The van der Waals surface area contributed by atoms with E-state index in [0.717, 1.165) is 21.9 Å². The van der Waals surface area contributed by atoms with Crippen LogP contribution in [-0.4, -0.2) is 18.5 Å². The number of rotatable bonds is 4. The number of ether oxygens (including phenoxy) is 2. The molecule has 0 saturated carbocycles. The molecule has 0 saturated heterocycles. The second-order valence-electron chi connectivity index (χ2n) is 6.54. The number of aryl methyl sites for hydroxylation is 1. The quantitative estimate of drug-likeness (QED) is 0.688. The highest BCUT2D eigenvalue weighted by atomic mass is 16.6. The number of benzene rings is 2. The fraction of sp³-hybridized carbons (Fsp3) is 0.368. The van der Waals surface area contributed by atoms with Crippen LogP contribution < -0.4 is 15.2 Å². The van der Waals surface area contributed by atoms with E-state index < -0.39 is 11.9 Å². The Hall–Kier alpha value is -2.40. The van der Waals surface area contributed by atoms with Crippen molar-refractivity contribution in [2.24, 2.45) is 5.73 Å². The van der Waals surface area contributed by atoms with Crippen LogP contribution in [0.25, 0.3) is 10.8 Å². The van der Waals surface area contributed by atoms with Crippen molar-refractivity contribution in [1.82, 2.24) is 0 Å². The van der Waals surface area contributed by atoms with Crippen LogP contribution in [0.3, 0.4) is 0 Å². The van der Waals surface area contributed by atoms with Crippen LogP contribution in [0.5, 0.6) is 11.5 Å². The van der Waals surface area contributed by atoms with E-state index in [1.807, 2.05) is 25.1 Å². The van der Waals surface area contributed by atoms with Crippen molar-refractivity contribution in [1.29, 1.82) is 0 Å². The summed E-state index contributed by atoms with van der Waals surface area (Å²) in [6.45, 7) is 9.12. The second kappa shape index (κ2) is 6.61. The van der Waals surface area contributed by atoms with E-state index in [2.05, 4.69) is 13.8 Å². The number of esters is 2. The smallest absolute Gasteiger partial charge is 0.308 e.